The first-order chi connectivity index (χ1) is 2.81. The van der Waals surface area contributed by atoms with Crippen LogP contribution in [0.2, 0.25) is 0 Å². The summed E-state index contributed by atoms with van der Waals surface area (Å²) in [4.78, 5) is 1.40. The monoisotopic (exact) mass is 514 g/mol. The smallest absolute Gasteiger partial charge is 0 e. The molecule has 4 radical (unpaired) electrons. The summed E-state index contributed by atoms with van der Waals surface area (Å²) >= 11 is 1.01. The Morgan fingerprint density at radius 2 is 2.14 bits per heavy atom. The fourth-order valence-corrected chi connectivity index (χ4v) is 0.371. The van der Waals surface area contributed by atoms with E-state index in [1.165, 1.54) is 4.90 Å². The number of alkyl halides is 1. The second-order valence-electron chi connectivity index (χ2n) is 0.948. The molecular weight excluding hydrogens is 507 g/mol. The predicted octanol–water partition coefficient (Wildman–Crippen LogP) is 0.133. The molecule has 0 aliphatic heterocycles. The molecule has 0 atom stereocenters. The van der Waals surface area contributed by atoms with Gasteiger partial charge in [-0.25, -0.2) is 0 Å². The fourth-order valence-electron chi connectivity index (χ4n) is 0.0423. The summed E-state index contributed by atoms with van der Waals surface area (Å²) in [6.45, 7) is -0.413. The van der Waals surface area contributed by atoms with E-state index in [2.05, 4.69) is 7.05 Å². The van der Waals surface area contributed by atoms with Crippen LogP contribution in [0.1, 0.15) is 0 Å². The summed E-state index contributed by atoms with van der Waals surface area (Å²) in [6, 6.07) is 0. The van der Waals surface area contributed by atoms with E-state index < -0.39 is 6.80 Å². The molecule has 0 saturated heterocycles. The molecule has 0 spiro atoms. The van der Waals surface area contributed by atoms with Crippen LogP contribution >= 0.6 is 0 Å². The van der Waals surface area contributed by atoms with Crippen molar-refractivity contribution >= 4 is 25.8 Å². The Kier molecular flexibility index (Phi) is 13.2. The molecule has 0 amide bonds. The molecule has 0 aromatic carbocycles. The number of hydrogen-bond donors (Lipinski definition) is 0. The van der Waals surface area contributed by atoms with E-state index in [1.54, 1.807) is 0 Å². The van der Waals surface area contributed by atoms with E-state index in [4.69, 9.17) is 0 Å². The third-order valence-electron chi connectivity index (χ3n) is 0.393. The zero-order valence-electron chi connectivity index (χ0n) is 4.02. The molecule has 0 bridgehead atoms. The largest absolute Gasteiger partial charge is 0 e. The van der Waals surface area contributed by atoms with Gasteiger partial charge in [0, 0.05) is 32.3 Å². The Bertz CT molecular complexity index is 34.1. The zero-order valence-corrected chi connectivity index (χ0v) is 12.7. The molecule has 0 heterocycles. The Morgan fingerprint density at radius 3 is 2.14 bits per heavy atom. The standard InChI is InChI=1S/C3H6FN.Pa.Pb/c1-5(2)3-4;;/h1-3H2;;/q-1;;. The molecule has 0 fully saturated rings. The van der Waals surface area contributed by atoms with Crippen molar-refractivity contribution in [3.63, 3.8) is 0 Å². The van der Waals surface area contributed by atoms with E-state index in [-0.39, 0.29) is 32.3 Å². The van der Waals surface area contributed by atoms with Crippen LogP contribution in [0.15, 0.2) is 0 Å². The minimum atomic E-state index is -0.413. The van der Waals surface area contributed by atoms with Gasteiger partial charge in [-0.05, 0) is 0 Å². The molecule has 0 aliphatic rings. The molecule has 0 aliphatic carbocycles. The molecule has 1 nitrogen and oxygen atoms in total. The van der Waals surface area contributed by atoms with E-state index in [0.29, 0.717) is 0 Å². The van der Waals surface area contributed by atoms with Crippen molar-refractivity contribution in [3.05, 3.63) is 7.05 Å². The topological polar surface area (TPSA) is 3.24 Å². The predicted molar refractivity (Wildman–Crippen MR) is 23.8 cm³/mol. The normalized spacial score (nSPS) is 8.57. The average Bonchev–Trinajstić information content (AvgIpc) is 1.65. The second kappa shape index (κ2) is 7.90. The molecule has 38 valence electrons. The van der Waals surface area contributed by atoms with Crippen molar-refractivity contribution in [2.24, 2.45) is 0 Å². The van der Waals surface area contributed by atoms with E-state index in [9.17, 15) is 4.39 Å². The van der Waals surface area contributed by atoms with Gasteiger partial charge in [-0.2, -0.15) is 0 Å². The van der Waals surface area contributed by atoms with Gasteiger partial charge in [0.25, 0.3) is 0 Å². The summed E-state index contributed by atoms with van der Waals surface area (Å²) in [5.74, 6) is 0. The molecule has 0 unspecified atom stereocenters. The molecule has 0 rings (SSSR count). The zero-order chi connectivity index (χ0) is 4.99. The van der Waals surface area contributed by atoms with Crippen LogP contribution < -0.4 is 0 Å². The van der Waals surface area contributed by atoms with E-state index in [1.807, 2.05) is 0 Å². The molecule has 0 N–H and O–H groups in total. The molecule has 0 saturated carbocycles. The van der Waals surface area contributed by atoms with Gasteiger partial charge in [0.1, 0.15) is 0 Å². The average molecular weight is 513 g/mol. The summed E-state index contributed by atoms with van der Waals surface area (Å²) in [7, 11) is 3.37. The van der Waals surface area contributed by atoms with Crippen LogP contribution in [-0.4, -0.2) is 41.6 Å². The first kappa shape index (κ1) is 11.7. The quantitative estimate of drug-likeness (QED) is 0.289. The minimum absolute atomic E-state index is 0. The Hall–Kier alpha value is 1.90. The third-order valence-corrected chi connectivity index (χ3v) is 2.13. The molecule has 0 aromatic rings. The Balaban J connectivity index is 0. The van der Waals surface area contributed by atoms with Gasteiger partial charge in [0.15, 0.2) is 0 Å². The molecular formula is C3H6FNPaPb-. The summed E-state index contributed by atoms with van der Waals surface area (Å²) in [6.07, 6.45) is 0. The van der Waals surface area contributed by atoms with Crippen LogP contribution in [-0.2, 0) is 0 Å². The summed E-state index contributed by atoms with van der Waals surface area (Å²) < 4.78 is 12.1. The van der Waals surface area contributed by atoms with Gasteiger partial charge in [0.05, 0.1) is 0 Å². The second-order valence-corrected chi connectivity index (χ2v) is 2.18. The number of halogens is 1. The fraction of sp³-hybridized carbons (Fsp3) is 0.667. The van der Waals surface area contributed by atoms with Crippen LogP contribution in [0, 0.1) is 39.4 Å². The minimum Gasteiger partial charge on any atom is 0 e. The van der Waals surface area contributed by atoms with Crippen molar-refractivity contribution in [2.45, 2.75) is 0 Å². The van der Waals surface area contributed by atoms with Crippen LogP contribution in [0.25, 0.3) is 0 Å². The van der Waals surface area contributed by atoms with Gasteiger partial charge >= 0.3 is 53.0 Å². The van der Waals surface area contributed by atoms with Crippen molar-refractivity contribution < 1.29 is 36.7 Å². The Labute approximate surface area is 84.2 Å². The van der Waals surface area contributed by atoms with Crippen molar-refractivity contribution in [1.29, 1.82) is 0 Å². The number of hydrogen-bond acceptors (Lipinski definition) is 1. The van der Waals surface area contributed by atoms with E-state index in [0.717, 1.165) is 29.9 Å². The van der Waals surface area contributed by atoms with Crippen LogP contribution in [0.4, 0.5) is 4.39 Å². The molecule has 0 aromatic heterocycles. The summed E-state index contributed by atoms with van der Waals surface area (Å²) in [5, 5.41) is 0. The first-order valence-corrected chi connectivity index (χ1v) is 4.32. The van der Waals surface area contributed by atoms with Crippen molar-refractivity contribution in [3.8, 4) is 0 Å². The SMILES string of the molecule is [CH2-]N(CF)[CH2][Pb].[Pa]. The molecule has 4 heteroatoms. The van der Waals surface area contributed by atoms with Gasteiger partial charge in [-0.1, -0.05) is 0 Å². The van der Waals surface area contributed by atoms with Gasteiger partial charge in [-0.3, -0.25) is 0 Å². The number of nitrogens with zero attached hydrogens (tertiary/aromatic N) is 1. The first-order valence-electron chi connectivity index (χ1n) is 1.57. The van der Waals surface area contributed by atoms with Crippen molar-refractivity contribution in [2.75, 3.05) is 10.9 Å². The Morgan fingerprint density at radius 1 is 1.71 bits per heavy atom. The third kappa shape index (κ3) is 7.90. The summed E-state index contributed by atoms with van der Waals surface area (Å²) in [5.41, 5.74) is 0. The van der Waals surface area contributed by atoms with Crippen molar-refractivity contribution in [1.82, 2.24) is 4.90 Å². The van der Waals surface area contributed by atoms with Crippen LogP contribution in [0.5, 0.6) is 0 Å². The maximum atomic E-state index is 11.3. The van der Waals surface area contributed by atoms with Gasteiger partial charge < -0.3 is 0 Å². The maximum absolute atomic E-state index is 11.3. The van der Waals surface area contributed by atoms with Gasteiger partial charge in [-0.15, -0.1) is 0 Å². The van der Waals surface area contributed by atoms with Crippen LogP contribution in [0.3, 0.4) is 0 Å². The molecule has 7 heavy (non-hydrogen) atoms. The number of rotatable bonds is 2. The van der Waals surface area contributed by atoms with E-state index >= 15 is 0 Å². The van der Waals surface area contributed by atoms with Gasteiger partial charge in [0.2, 0.25) is 0 Å². The maximum Gasteiger partial charge on any atom is 0 e.